The van der Waals surface area contributed by atoms with Gasteiger partial charge in [-0.3, -0.25) is 0 Å². The fourth-order valence-electron chi connectivity index (χ4n) is 1.79. The largest absolute Gasteiger partial charge is 0.379 e. The van der Waals surface area contributed by atoms with E-state index in [0.717, 1.165) is 40.8 Å². The van der Waals surface area contributed by atoms with Gasteiger partial charge < -0.3 is 10.1 Å². The van der Waals surface area contributed by atoms with Crippen LogP contribution in [0.1, 0.15) is 20.3 Å². The number of para-hydroxylation sites is 1. The van der Waals surface area contributed by atoms with Crippen molar-refractivity contribution in [1.82, 2.24) is 9.97 Å². The number of ether oxygens (including phenoxy) is 1. The highest BCUT2D eigenvalue weighted by molar-refractivity contribution is 9.10. The lowest BCUT2D eigenvalue weighted by molar-refractivity contribution is 0.0787. The summed E-state index contributed by atoms with van der Waals surface area (Å²) in [5.74, 6) is 0.871. The fourth-order valence-corrected chi connectivity index (χ4v) is 2.26. The van der Waals surface area contributed by atoms with Crippen LogP contribution in [-0.4, -0.2) is 29.2 Å². The second-order valence-corrected chi connectivity index (χ2v) is 5.41. The topological polar surface area (TPSA) is 47.0 Å². The second-order valence-electron chi connectivity index (χ2n) is 4.56. The molecular formula is C14H18BrN3O. The molecule has 0 unspecified atom stereocenters. The summed E-state index contributed by atoms with van der Waals surface area (Å²) in [7, 11) is 0. The van der Waals surface area contributed by atoms with Gasteiger partial charge in [0.2, 0.25) is 0 Å². The normalized spacial score (nSPS) is 11.2. The molecule has 0 aliphatic carbocycles. The minimum atomic E-state index is 0.288. The number of hydrogen-bond acceptors (Lipinski definition) is 4. The van der Waals surface area contributed by atoms with Gasteiger partial charge in [0.25, 0.3) is 0 Å². The standard InChI is InChI=1S/C14H18BrN3O/c1-10(2)19-8-4-7-16-14-11-5-3-6-12(15)13(11)17-9-18-14/h3,5-6,9-10H,4,7-8H2,1-2H3,(H,16,17,18). The summed E-state index contributed by atoms with van der Waals surface area (Å²) in [4.78, 5) is 8.58. The molecule has 1 aromatic carbocycles. The molecule has 0 spiro atoms. The Hall–Kier alpha value is -1.20. The summed E-state index contributed by atoms with van der Waals surface area (Å²) in [6.45, 7) is 5.69. The molecule has 0 amide bonds. The number of aromatic nitrogens is 2. The Kier molecular flexibility index (Phi) is 5.10. The Morgan fingerprint density at radius 3 is 2.95 bits per heavy atom. The molecule has 4 nitrogen and oxygen atoms in total. The van der Waals surface area contributed by atoms with Gasteiger partial charge in [-0.05, 0) is 48.3 Å². The van der Waals surface area contributed by atoms with E-state index in [1.165, 1.54) is 0 Å². The highest BCUT2D eigenvalue weighted by Gasteiger charge is 2.05. The predicted molar refractivity (Wildman–Crippen MR) is 81.4 cm³/mol. The molecule has 0 aliphatic heterocycles. The van der Waals surface area contributed by atoms with E-state index in [0.29, 0.717) is 0 Å². The molecule has 2 rings (SSSR count). The van der Waals surface area contributed by atoms with Crippen molar-refractivity contribution in [2.45, 2.75) is 26.4 Å². The first-order valence-corrected chi connectivity index (χ1v) is 7.22. The summed E-state index contributed by atoms with van der Waals surface area (Å²) >= 11 is 3.50. The quantitative estimate of drug-likeness (QED) is 0.825. The Labute approximate surface area is 121 Å². The van der Waals surface area contributed by atoms with Crippen LogP contribution in [0.5, 0.6) is 0 Å². The van der Waals surface area contributed by atoms with E-state index in [2.05, 4.69) is 31.2 Å². The molecule has 0 aliphatic rings. The molecule has 1 heterocycles. The maximum atomic E-state index is 5.51. The van der Waals surface area contributed by atoms with Crippen molar-refractivity contribution in [3.8, 4) is 0 Å². The second kappa shape index (κ2) is 6.82. The zero-order valence-corrected chi connectivity index (χ0v) is 12.8. The molecule has 0 atom stereocenters. The van der Waals surface area contributed by atoms with E-state index in [1.54, 1.807) is 6.33 Å². The average Bonchev–Trinajstić information content (AvgIpc) is 2.39. The van der Waals surface area contributed by atoms with Gasteiger partial charge >= 0.3 is 0 Å². The van der Waals surface area contributed by atoms with Crippen molar-refractivity contribution in [2.75, 3.05) is 18.5 Å². The van der Waals surface area contributed by atoms with Gasteiger partial charge in [-0.25, -0.2) is 9.97 Å². The lowest BCUT2D eigenvalue weighted by Gasteiger charge is -2.10. The first-order chi connectivity index (χ1) is 9.18. The van der Waals surface area contributed by atoms with Crippen LogP contribution < -0.4 is 5.32 Å². The Morgan fingerprint density at radius 1 is 1.32 bits per heavy atom. The minimum Gasteiger partial charge on any atom is -0.379 e. The van der Waals surface area contributed by atoms with Gasteiger partial charge in [-0.15, -0.1) is 0 Å². The van der Waals surface area contributed by atoms with E-state index in [1.807, 2.05) is 32.0 Å². The molecule has 1 aromatic heterocycles. The molecule has 1 N–H and O–H groups in total. The monoisotopic (exact) mass is 323 g/mol. The number of anilines is 1. The number of nitrogens with zero attached hydrogens (tertiary/aromatic N) is 2. The summed E-state index contributed by atoms with van der Waals surface area (Å²) in [6, 6.07) is 5.99. The van der Waals surface area contributed by atoms with E-state index in [4.69, 9.17) is 4.74 Å². The highest BCUT2D eigenvalue weighted by Crippen LogP contribution is 2.25. The maximum absolute atomic E-state index is 5.51. The molecule has 102 valence electrons. The van der Waals surface area contributed by atoms with Gasteiger partial charge in [0, 0.05) is 23.0 Å². The third-order valence-electron chi connectivity index (χ3n) is 2.68. The number of fused-ring (bicyclic) bond motifs is 1. The molecule has 19 heavy (non-hydrogen) atoms. The van der Waals surface area contributed by atoms with Gasteiger partial charge in [-0.2, -0.15) is 0 Å². The van der Waals surface area contributed by atoms with Crippen LogP contribution in [0.4, 0.5) is 5.82 Å². The van der Waals surface area contributed by atoms with Gasteiger partial charge in [0.1, 0.15) is 12.1 Å². The first-order valence-electron chi connectivity index (χ1n) is 6.43. The molecule has 0 fully saturated rings. The third kappa shape index (κ3) is 3.88. The molecule has 0 saturated heterocycles. The fraction of sp³-hybridized carbons (Fsp3) is 0.429. The van der Waals surface area contributed by atoms with Gasteiger partial charge in [0.05, 0.1) is 11.6 Å². The van der Waals surface area contributed by atoms with E-state index < -0.39 is 0 Å². The maximum Gasteiger partial charge on any atom is 0.137 e. The average molecular weight is 324 g/mol. The SMILES string of the molecule is CC(C)OCCCNc1ncnc2c(Br)cccc12. The first kappa shape index (κ1) is 14.2. The van der Waals surface area contributed by atoms with Gasteiger partial charge in [-0.1, -0.05) is 6.07 Å². The van der Waals surface area contributed by atoms with E-state index >= 15 is 0 Å². The number of benzene rings is 1. The molecule has 0 radical (unpaired) electrons. The van der Waals surface area contributed by atoms with Crippen molar-refractivity contribution in [1.29, 1.82) is 0 Å². The Balaban J connectivity index is 1.99. The Bertz CT molecular complexity index is 545. The molecule has 0 saturated carbocycles. The van der Waals surface area contributed by atoms with Crippen LogP contribution in [-0.2, 0) is 4.74 Å². The predicted octanol–water partition coefficient (Wildman–Crippen LogP) is 3.62. The number of nitrogens with one attached hydrogen (secondary N) is 1. The van der Waals surface area contributed by atoms with Crippen molar-refractivity contribution < 1.29 is 4.74 Å². The summed E-state index contributed by atoms with van der Waals surface area (Å²) in [5.41, 5.74) is 0.929. The molecule has 5 heteroatoms. The van der Waals surface area contributed by atoms with Crippen molar-refractivity contribution >= 4 is 32.7 Å². The van der Waals surface area contributed by atoms with Crippen LogP contribution in [0.15, 0.2) is 29.0 Å². The van der Waals surface area contributed by atoms with Crippen LogP contribution >= 0.6 is 15.9 Å². The van der Waals surface area contributed by atoms with Crippen molar-refractivity contribution in [3.05, 3.63) is 29.0 Å². The van der Waals surface area contributed by atoms with E-state index in [-0.39, 0.29) is 6.10 Å². The summed E-state index contributed by atoms with van der Waals surface area (Å²) in [5, 5.41) is 4.37. The highest BCUT2D eigenvalue weighted by atomic mass is 79.9. The van der Waals surface area contributed by atoms with Crippen molar-refractivity contribution in [2.24, 2.45) is 0 Å². The number of rotatable bonds is 6. The number of hydrogen-bond donors (Lipinski definition) is 1. The smallest absolute Gasteiger partial charge is 0.137 e. The zero-order chi connectivity index (χ0) is 13.7. The third-order valence-corrected chi connectivity index (χ3v) is 3.32. The molecular weight excluding hydrogens is 306 g/mol. The van der Waals surface area contributed by atoms with Crippen LogP contribution in [0.25, 0.3) is 10.9 Å². The number of halogens is 1. The molecule has 0 bridgehead atoms. The van der Waals surface area contributed by atoms with Crippen LogP contribution in [0, 0.1) is 0 Å². The van der Waals surface area contributed by atoms with Crippen LogP contribution in [0.2, 0.25) is 0 Å². The van der Waals surface area contributed by atoms with Gasteiger partial charge in [0.15, 0.2) is 0 Å². The lowest BCUT2D eigenvalue weighted by Crippen LogP contribution is -2.10. The molecule has 2 aromatic rings. The van der Waals surface area contributed by atoms with E-state index in [9.17, 15) is 0 Å². The summed E-state index contributed by atoms with van der Waals surface area (Å²) in [6.07, 6.45) is 2.83. The lowest BCUT2D eigenvalue weighted by atomic mass is 10.2. The summed E-state index contributed by atoms with van der Waals surface area (Å²) < 4.78 is 6.49. The van der Waals surface area contributed by atoms with Crippen LogP contribution in [0.3, 0.4) is 0 Å². The zero-order valence-electron chi connectivity index (χ0n) is 11.2. The van der Waals surface area contributed by atoms with Crippen molar-refractivity contribution in [3.63, 3.8) is 0 Å². The minimum absolute atomic E-state index is 0.288. The Morgan fingerprint density at radius 2 is 2.16 bits per heavy atom.